The second-order valence-corrected chi connectivity index (χ2v) is 5.97. The number of nitrogen functional groups attached to an aromatic ring is 1. The Morgan fingerprint density at radius 2 is 1.85 bits per heavy atom. The molecule has 0 spiro atoms. The molecule has 2 aromatic carbocycles. The summed E-state index contributed by atoms with van der Waals surface area (Å²) in [5.74, 6) is 1.76. The summed E-state index contributed by atoms with van der Waals surface area (Å²) in [6, 6.07) is 15.3. The van der Waals surface area contributed by atoms with Crippen LogP contribution < -0.4 is 10.5 Å². The average Bonchev–Trinajstić information content (AvgIpc) is 2.43. The average molecular weight is 289 g/mol. The normalized spacial score (nSPS) is 12.1. The van der Waals surface area contributed by atoms with Crippen molar-refractivity contribution in [3.05, 3.63) is 59.7 Å². The molecule has 2 N–H and O–H groups in total. The first-order valence-corrected chi connectivity index (χ1v) is 8.08. The lowest BCUT2D eigenvalue weighted by molar-refractivity contribution is 0.337. The highest BCUT2D eigenvalue weighted by atomic mass is 32.2. The number of ether oxygens (including phenoxy) is 1. The predicted octanol–water partition coefficient (Wildman–Crippen LogP) is 3.12. The van der Waals surface area contributed by atoms with Crippen molar-refractivity contribution in [3.8, 4) is 5.75 Å². The van der Waals surface area contributed by atoms with Crippen LogP contribution in [0.2, 0.25) is 0 Å². The van der Waals surface area contributed by atoms with Crippen molar-refractivity contribution in [1.29, 1.82) is 0 Å². The molecule has 0 radical (unpaired) electrons. The van der Waals surface area contributed by atoms with E-state index in [-0.39, 0.29) is 0 Å². The number of hydrogen-bond acceptors (Lipinski definition) is 3. The fraction of sp³-hybridized carbons (Fsp3) is 0.250. The molecule has 1 atom stereocenters. The van der Waals surface area contributed by atoms with Crippen molar-refractivity contribution < 1.29 is 8.95 Å². The Labute approximate surface area is 122 Å². The van der Waals surface area contributed by atoms with E-state index >= 15 is 0 Å². The van der Waals surface area contributed by atoms with E-state index in [1.807, 2.05) is 49.4 Å². The summed E-state index contributed by atoms with van der Waals surface area (Å²) in [6.07, 6.45) is 0. The highest BCUT2D eigenvalue weighted by molar-refractivity contribution is 7.83. The van der Waals surface area contributed by atoms with Crippen molar-refractivity contribution in [2.45, 2.75) is 18.4 Å². The van der Waals surface area contributed by atoms with E-state index in [9.17, 15) is 4.21 Å². The summed E-state index contributed by atoms with van der Waals surface area (Å²) in [6.45, 7) is 2.52. The van der Waals surface area contributed by atoms with E-state index in [2.05, 4.69) is 0 Å². The van der Waals surface area contributed by atoms with Crippen LogP contribution in [0, 0.1) is 0 Å². The summed E-state index contributed by atoms with van der Waals surface area (Å²) >= 11 is 0. The molecule has 2 rings (SSSR count). The Kier molecular flexibility index (Phi) is 5.18. The summed E-state index contributed by atoms with van der Waals surface area (Å²) in [5, 5.41) is 0. The van der Waals surface area contributed by atoms with Gasteiger partial charge in [-0.2, -0.15) is 0 Å². The molecular weight excluding hydrogens is 270 g/mol. The number of hydrogen-bond donors (Lipinski definition) is 1. The van der Waals surface area contributed by atoms with E-state index in [0.717, 1.165) is 16.9 Å². The Balaban J connectivity index is 2.09. The first kappa shape index (κ1) is 14.6. The summed E-state index contributed by atoms with van der Waals surface area (Å²) < 4.78 is 17.8. The smallest absolute Gasteiger partial charge is 0.123 e. The third-order valence-electron chi connectivity index (χ3n) is 2.87. The molecule has 0 aliphatic heterocycles. The summed E-state index contributed by atoms with van der Waals surface area (Å²) in [5.41, 5.74) is 8.44. The zero-order valence-corrected chi connectivity index (χ0v) is 12.4. The fourth-order valence-corrected chi connectivity index (χ4v) is 3.23. The van der Waals surface area contributed by atoms with Crippen LogP contribution in [-0.2, 0) is 22.3 Å². The van der Waals surface area contributed by atoms with Crippen LogP contribution in [0.1, 0.15) is 18.1 Å². The van der Waals surface area contributed by atoms with Crippen LogP contribution in [0.4, 0.5) is 5.69 Å². The molecule has 4 heteroatoms. The lowest BCUT2D eigenvalue weighted by Gasteiger charge is -2.11. The van der Waals surface area contributed by atoms with Gasteiger partial charge in [-0.3, -0.25) is 4.21 Å². The number of rotatable bonds is 6. The fourth-order valence-electron chi connectivity index (χ4n) is 1.99. The topological polar surface area (TPSA) is 52.3 Å². The van der Waals surface area contributed by atoms with E-state index in [0.29, 0.717) is 23.8 Å². The second kappa shape index (κ2) is 7.10. The molecule has 3 nitrogen and oxygen atoms in total. The maximum Gasteiger partial charge on any atom is 0.123 e. The summed E-state index contributed by atoms with van der Waals surface area (Å²) in [7, 11) is -0.980. The Hall–Kier alpha value is -1.81. The number of anilines is 1. The van der Waals surface area contributed by atoms with Gasteiger partial charge in [-0.15, -0.1) is 0 Å². The Morgan fingerprint density at radius 3 is 2.55 bits per heavy atom. The van der Waals surface area contributed by atoms with Crippen molar-refractivity contribution in [2.24, 2.45) is 0 Å². The first-order valence-electron chi connectivity index (χ1n) is 6.59. The summed E-state index contributed by atoms with van der Waals surface area (Å²) in [4.78, 5) is 0. The minimum atomic E-state index is -0.980. The van der Waals surface area contributed by atoms with Crippen LogP contribution in [0.25, 0.3) is 0 Å². The van der Waals surface area contributed by atoms with Gasteiger partial charge in [0.15, 0.2) is 0 Å². The minimum absolute atomic E-state index is 0.454. The standard InChI is InChI=1S/C16H19NO2S/c1-2-19-16-9-8-15(17)10-14(16)12-20(18)11-13-6-4-3-5-7-13/h3-10H,2,11-12,17H2,1H3. The lowest BCUT2D eigenvalue weighted by Crippen LogP contribution is -2.03. The monoisotopic (exact) mass is 289 g/mol. The van der Waals surface area contributed by atoms with E-state index in [1.54, 1.807) is 6.07 Å². The highest BCUT2D eigenvalue weighted by Gasteiger charge is 2.09. The quantitative estimate of drug-likeness (QED) is 0.831. The van der Waals surface area contributed by atoms with E-state index in [1.165, 1.54) is 0 Å². The number of nitrogens with two attached hydrogens (primary N) is 1. The molecule has 2 aromatic rings. The number of benzene rings is 2. The molecule has 0 fully saturated rings. The lowest BCUT2D eigenvalue weighted by atomic mass is 10.2. The molecule has 0 aromatic heterocycles. The van der Waals surface area contributed by atoms with Crippen LogP contribution in [0.5, 0.6) is 5.75 Å². The van der Waals surface area contributed by atoms with Crippen molar-refractivity contribution >= 4 is 16.5 Å². The first-order chi connectivity index (χ1) is 9.69. The van der Waals surface area contributed by atoms with Crippen molar-refractivity contribution in [2.75, 3.05) is 12.3 Å². The zero-order chi connectivity index (χ0) is 14.4. The molecule has 0 aliphatic rings. The van der Waals surface area contributed by atoms with Gasteiger partial charge in [-0.05, 0) is 30.7 Å². The van der Waals surface area contributed by atoms with Gasteiger partial charge in [-0.25, -0.2) is 0 Å². The van der Waals surface area contributed by atoms with Gasteiger partial charge in [0.1, 0.15) is 5.75 Å². The predicted molar refractivity (Wildman–Crippen MR) is 84.0 cm³/mol. The highest BCUT2D eigenvalue weighted by Crippen LogP contribution is 2.23. The third-order valence-corrected chi connectivity index (χ3v) is 4.16. The van der Waals surface area contributed by atoms with Crippen LogP contribution in [0.3, 0.4) is 0 Å². The zero-order valence-electron chi connectivity index (χ0n) is 11.5. The molecule has 0 bridgehead atoms. The molecule has 0 saturated heterocycles. The van der Waals surface area contributed by atoms with Gasteiger partial charge in [0, 0.05) is 27.8 Å². The van der Waals surface area contributed by atoms with Crippen molar-refractivity contribution in [1.82, 2.24) is 0 Å². The molecule has 106 valence electrons. The second-order valence-electron chi connectivity index (χ2n) is 4.51. The van der Waals surface area contributed by atoms with Gasteiger partial charge >= 0.3 is 0 Å². The molecule has 1 unspecified atom stereocenters. The molecule has 0 aliphatic carbocycles. The van der Waals surface area contributed by atoms with Crippen LogP contribution >= 0.6 is 0 Å². The Bertz CT molecular complexity index is 584. The molecule has 20 heavy (non-hydrogen) atoms. The van der Waals surface area contributed by atoms with E-state index < -0.39 is 10.8 Å². The van der Waals surface area contributed by atoms with E-state index in [4.69, 9.17) is 10.5 Å². The molecule has 0 saturated carbocycles. The third kappa shape index (κ3) is 4.10. The van der Waals surface area contributed by atoms with Crippen LogP contribution in [0.15, 0.2) is 48.5 Å². The minimum Gasteiger partial charge on any atom is -0.494 e. The largest absolute Gasteiger partial charge is 0.494 e. The maximum absolute atomic E-state index is 12.3. The van der Waals surface area contributed by atoms with Crippen LogP contribution in [-0.4, -0.2) is 10.8 Å². The van der Waals surface area contributed by atoms with Gasteiger partial charge in [-0.1, -0.05) is 30.3 Å². The molecule has 0 heterocycles. The van der Waals surface area contributed by atoms with Gasteiger partial charge < -0.3 is 10.5 Å². The molecule has 0 amide bonds. The SMILES string of the molecule is CCOc1ccc(N)cc1CS(=O)Cc1ccccc1. The van der Waals surface area contributed by atoms with Gasteiger partial charge in [0.25, 0.3) is 0 Å². The molecular formula is C16H19NO2S. The van der Waals surface area contributed by atoms with Crippen molar-refractivity contribution in [3.63, 3.8) is 0 Å². The Morgan fingerprint density at radius 1 is 1.10 bits per heavy atom. The van der Waals surface area contributed by atoms with Gasteiger partial charge in [0.05, 0.1) is 12.4 Å². The van der Waals surface area contributed by atoms with Gasteiger partial charge in [0.2, 0.25) is 0 Å². The maximum atomic E-state index is 12.3.